The number of methoxy groups -OCH3 is 2. The summed E-state index contributed by atoms with van der Waals surface area (Å²) in [6.07, 6.45) is 7.42. The number of H-pyrrole nitrogens is 2. The predicted octanol–water partition coefficient (Wildman–Crippen LogP) is 6.45. The Hall–Kier alpha value is -5.40. The van der Waals surface area contributed by atoms with Gasteiger partial charge in [0.2, 0.25) is 11.8 Å². The number of hydrogen-bond donors (Lipinski definition) is 4. The molecule has 14 nitrogen and oxygen atoms in total. The minimum Gasteiger partial charge on any atom is -0.453 e. The Balaban J connectivity index is 1.17. The van der Waals surface area contributed by atoms with Crippen molar-refractivity contribution in [3.05, 3.63) is 60.4 Å². The maximum absolute atomic E-state index is 13.7. The molecule has 3 heterocycles. The van der Waals surface area contributed by atoms with E-state index in [1.165, 1.54) is 19.2 Å². The van der Waals surface area contributed by atoms with Crippen LogP contribution < -0.4 is 10.7 Å². The minimum atomic E-state index is -0.692. The molecular formula is C39H50N8O6. The average Bonchev–Trinajstić information content (AvgIpc) is 3.96. The van der Waals surface area contributed by atoms with Crippen LogP contribution in [0, 0.1) is 11.8 Å². The number of alkyl carbamates (subject to hydrolysis) is 1. The van der Waals surface area contributed by atoms with E-state index in [2.05, 4.69) is 57.1 Å². The summed E-state index contributed by atoms with van der Waals surface area (Å²) in [5.74, 6) is 0.675. The maximum Gasteiger partial charge on any atom is 0.425 e. The van der Waals surface area contributed by atoms with Crippen LogP contribution in [0.25, 0.3) is 33.3 Å². The highest BCUT2D eigenvalue weighted by atomic mass is 16.5. The Morgan fingerprint density at radius 1 is 0.811 bits per heavy atom. The SMILES string of the molecule is COC(=O)NC(C(=O)N1CCC[C@H]1c1ncc(-c2ccc3cc(-c4cnc([C@H]5CCCC[C@H]5C(=O)N(NC(=O)OC)C(C)C)[nH]4)ccc3c2)[nH]1)C(C)C. The molecule has 2 fully saturated rings. The molecule has 4 amide bonds. The lowest BCUT2D eigenvalue weighted by Gasteiger charge is -2.35. The van der Waals surface area contributed by atoms with E-state index in [9.17, 15) is 19.2 Å². The number of nitrogens with zero attached hydrogens (tertiary/aromatic N) is 4. The van der Waals surface area contributed by atoms with Gasteiger partial charge in [0.1, 0.15) is 17.7 Å². The molecule has 1 aliphatic heterocycles. The van der Waals surface area contributed by atoms with Gasteiger partial charge in [-0.15, -0.1) is 0 Å². The molecule has 1 saturated heterocycles. The van der Waals surface area contributed by atoms with Gasteiger partial charge >= 0.3 is 12.2 Å². The number of aromatic amines is 2. The number of imidazole rings is 2. The van der Waals surface area contributed by atoms with E-state index < -0.39 is 18.2 Å². The second kappa shape index (κ2) is 16.1. The van der Waals surface area contributed by atoms with Gasteiger partial charge in [-0.25, -0.2) is 30.0 Å². The molecule has 2 aromatic carbocycles. The molecule has 1 saturated carbocycles. The van der Waals surface area contributed by atoms with Crippen LogP contribution in [0.5, 0.6) is 0 Å². The van der Waals surface area contributed by atoms with Crippen LogP contribution in [0.3, 0.4) is 0 Å². The first-order valence-corrected chi connectivity index (χ1v) is 18.5. The number of hydrazine groups is 1. The number of nitrogens with one attached hydrogen (secondary N) is 4. The Morgan fingerprint density at radius 3 is 2.02 bits per heavy atom. The molecule has 53 heavy (non-hydrogen) atoms. The van der Waals surface area contributed by atoms with Gasteiger partial charge in [0.05, 0.1) is 44.0 Å². The van der Waals surface area contributed by atoms with Gasteiger partial charge in [-0.1, -0.05) is 51.0 Å². The second-order valence-corrected chi connectivity index (χ2v) is 14.6. The van der Waals surface area contributed by atoms with E-state index in [1.807, 2.05) is 33.9 Å². The number of amides is 4. The minimum absolute atomic E-state index is 0.101. The number of carbonyl (C=O) groups is 4. The molecule has 4 N–H and O–H groups in total. The van der Waals surface area contributed by atoms with Gasteiger partial charge in [-0.05, 0) is 68.4 Å². The molecule has 14 heteroatoms. The normalized spacial score (nSPS) is 19.3. The topological polar surface area (TPSA) is 175 Å². The molecule has 0 bridgehead atoms. The third-order valence-electron chi connectivity index (χ3n) is 10.5. The van der Waals surface area contributed by atoms with Crippen molar-refractivity contribution in [2.75, 3.05) is 20.8 Å². The molecule has 0 spiro atoms. The standard InChI is InChI=1S/C39H50N8O6/c1-22(2)33(44-38(50)52-5)37(49)46-17-9-12-32(46)35-41-21-31(43-35)27-16-14-24-18-26(15-13-25(24)19-27)30-20-40-34(42-30)28-10-7-8-11-29(28)36(48)47(23(3)4)45-39(51)53-6/h13-16,18-23,28-29,32-33H,7-12,17H2,1-6H3,(H,40,42)(H,41,43)(H,44,50)(H,45,51)/t28-,29+,32-,33?/m0/s1. The first-order valence-electron chi connectivity index (χ1n) is 18.5. The Labute approximate surface area is 309 Å². The molecular weight excluding hydrogens is 676 g/mol. The molecule has 282 valence electrons. The monoisotopic (exact) mass is 726 g/mol. The first kappa shape index (κ1) is 37.4. The number of rotatable bonds is 9. The van der Waals surface area contributed by atoms with Crippen molar-refractivity contribution in [2.24, 2.45) is 11.8 Å². The number of benzene rings is 2. The van der Waals surface area contributed by atoms with Crippen molar-refractivity contribution in [1.29, 1.82) is 0 Å². The number of fused-ring (bicyclic) bond motifs is 1. The molecule has 1 aliphatic carbocycles. The van der Waals surface area contributed by atoms with Crippen molar-refractivity contribution in [2.45, 2.75) is 90.3 Å². The lowest BCUT2D eigenvalue weighted by molar-refractivity contribution is -0.142. The molecule has 6 rings (SSSR count). The van der Waals surface area contributed by atoms with Crippen molar-refractivity contribution in [3.8, 4) is 22.5 Å². The average molecular weight is 727 g/mol. The van der Waals surface area contributed by atoms with E-state index in [0.29, 0.717) is 13.0 Å². The fourth-order valence-corrected chi connectivity index (χ4v) is 7.61. The van der Waals surface area contributed by atoms with E-state index in [4.69, 9.17) is 19.4 Å². The smallest absolute Gasteiger partial charge is 0.425 e. The molecule has 4 atom stereocenters. The quantitative estimate of drug-likeness (QED) is 0.143. The summed E-state index contributed by atoms with van der Waals surface area (Å²) < 4.78 is 9.51. The van der Waals surface area contributed by atoms with E-state index in [1.54, 1.807) is 11.1 Å². The summed E-state index contributed by atoms with van der Waals surface area (Å²) in [5.41, 5.74) is 6.26. The second-order valence-electron chi connectivity index (χ2n) is 14.6. The lowest BCUT2D eigenvalue weighted by atomic mass is 9.78. The van der Waals surface area contributed by atoms with Gasteiger partial charge in [0.25, 0.3) is 0 Å². The van der Waals surface area contributed by atoms with Gasteiger partial charge in [0, 0.05) is 35.5 Å². The third-order valence-corrected chi connectivity index (χ3v) is 10.5. The first-order chi connectivity index (χ1) is 25.5. The number of hydrogen-bond acceptors (Lipinski definition) is 8. The molecule has 0 radical (unpaired) electrons. The largest absolute Gasteiger partial charge is 0.453 e. The summed E-state index contributed by atoms with van der Waals surface area (Å²) in [7, 11) is 2.57. The van der Waals surface area contributed by atoms with Crippen LogP contribution >= 0.6 is 0 Å². The van der Waals surface area contributed by atoms with Crippen molar-refractivity contribution < 1.29 is 28.7 Å². The van der Waals surface area contributed by atoms with Crippen LogP contribution in [0.2, 0.25) is 0 Å². The number of ether oxygens (including phenoxy) is 2. The Bertz CT molecular complexity index is 1950. The summed E-state index contributed by atoms with van der Waals surface area (Å²) >= 11 is 0. The Kier molecular flexibility index (Phi) is 11.3. The fraction of sp³-hybridized carbons (Fsp3) is 0.487. The van der Waals surface area contributed by atoms with Crippen LogP contribution in [0.4, 0.5) is 9.59 Å². The van der Waals surface area contributed by atoms with Crippen molar-refractivity contribution in [3.63, 3.8) is 0 Å². The van der Waals surface area contributed by atoms with E-state index in [0.717, 1.165) is 77.0 Å². The fourth-order valence-electron chi connectivity index (χ4n) is 7.61. The summed E-state index contributed by atoms with van der Waals surface area (Å²) in [5, 5.41) is 6.18. The van der Waals surface area contributed by atoms with Gasteiger partial charge in [-0.2, -0.15) is 0 Å². The van der Waals surface area contributed by atoms with Gasteiger partial charge < -0.3 is 29.7 Å². The van der Waals surface area contributed by atoms with Crippen LogP contribution in [0.15, 0.2) is 48.8 Å². The van der Waals surface area contributed by atoms with Crippen LogP contribution in [-0.2, 0) is 19.1 Å². The predicted molar refractivity (Wildman–Crippen MR) is 199 cm³/mol. The zero-order valence-corrected chi connectivity index (χ0v) is 31.3. The van der Waals surface area contributed by atoms with Gasteiger partial charge in [-0.3, -0.25) is 9.59 Å². The zero-order valence-electron chi connectivity index (χ0n) is 31.3. The Morgan fingerprint density at radius 2 is 1.42 bits per heavy atom. The highest BCUT2D eigenvalue weighted by Crippen LogP contribution is 2.39. The molecule has 1 unspecified atom stereocenters. The summed E-state index contributed by atoms with van der Waals surface area (Å²) in [6.45, 7) is 8.10. The maximum atomic E-state index is 13.7. The number of carbonyl (C=O) groups excluding carboxylic acids is 4. The lowest BCUT2D eigenvalue weighted by Crippen LogP contribution is -2.53. The highest BCUT2D eigenvalue weighted by molar-refractivity contribution is 5.90. The van der Waals surface area contributed by atoms with Crippen molar-refractivity contribution >= 4 is 34.8 Å². The molecule has 2 aliphatic rings. The summed E-state index contributed by atoms with van der Waals surface area (Å²) in [6, 6.07) is 11.4. The van der Waals surface area contributed by atoms with E-state index in [-0.39, 0.29) is 41.7 Å². The van der Waals surface area contributed by atoms with Gasteiger partial charge in [0.15, 0.2) is 0 Å². The van der Waals surface area contributed by atoms with E-state index >= 15 is 0 Å². The van der Waals surface area contributed by atoms with Crippen molar-refractivity contribution in [1.82, 2.24) is 40.6 Å². The van der Waals surface area contributed by atoms with Crippen LogP contribution in [-0.4, -0.2) is 86.7 Å². The summed E-state index contributed by atoms with van der Waals surface area (Å²) in [4.78, 5) is 69.4. The third kappa shape index (κ3) is 8.01. The molecule has 4 aromatic rings. The number of aromatic nitrogens is 4. The molecule has 2 aromatic heterocycles. The number of likely N-dealkylation sites (tertiary alicyclic amines) is 1. The van der Waals surface area contributed by atoms with Crippen LogP contribution in [0.1, 0.15) is 89.8 Å². The zero-order chi connectivity index (χ0) is 37.8. The highest BCUT2D eigenvalue weighted by Gasteiger charge is 2.39.